The number of ether oxygens (including phenoxy) is 1. The van der Waals surface area contributed by atoms with Crippen molar-refractivity contribution in [3.05, 3.63) is 65.2 Å². The Morgan fingerprint density at radius 3 is 2.19 bits per heavy atom. The lowest BCUT2D eigenvalue weighted by atomic mass is 10.0. The average molecular weight is 366 g/mol. The standard InChI is InChI=1S/C22H26N2O3/c1-15(2)16-9-11-19(12-10-16)24-22(26)18-7-5-17(6-8-18)21(25)23-14-20-4-3-13-27-20/h5-12,15,20H,3-4,13-14H2,1-2H3,(H,23,25)(H,24,26). The maximum absolute atomic E-state index is 12.4. The van der Waals surface area contributed by atoms with Crippen LogP contribution in [0.15, 0.2) is 48.5 Å². The number of hydrogen-bond donors (Lipinski definition) is 2. The van der Waals surface area contributed by atoms with E-state index in [1.807, 2.05) is 24.3 Å². The molecule has 1 heterocycles. The summed E-state index contributed by atoms with van der Waals surface area (Å²) in [5.74, 6) is 0.106. The van der Waals surface area contributed by atoms with Crippen LogP contribution in [-0.2, 0) is 4.74 Å². The van der Waals surface area contributed by atoms with E-state index in [1.165, 1.54) is 5.56 Å². The van der Waals surface area contributed by atoms with Gasteiger partial charge in [0.25, 0.3) is 11.8 Å². The molecule has 5 heteroatoms. The van der Waals surface area contributed by atoms with Gasteiger partial charge in [-0.3, -0.25) is 9.59 Å². The summed E-state index contributed by atoms with van der Waals surface area (Å²) in [6.45, 7) is 5.55. The smallest absolute Gasteiger partial charge is 0.255 e. The highest BCUT2D eigenvalue weighted by Crippen LogP contribution is 2.18. The maximum Gasteiger partial charge on any atom is 0.255 e. The monoisotopic (exact) mass is 366 g/mol. The van der Waals surface area contributed by atoms with Crippen molar-refractivity contribution in [3.63, 3.8) is 0 Å². The van der Waals surface area contributed by atoms with Crippen LogP contribution in [0.2, 0.25) is 0 Å². The zero-order valence-corrected chi connectivity index (χ0v) is 15.8. The lowest BCUT2D eigenvalue weighted by molar-refractivity contribution is 0.0857. The van der Waals surface area contributed by atoms with Crippen LogP contribution in [0.5, 0.6) is 0 Å². The van der Waals surface area contributed by atoms with Crippen LogP contribution in [0.4, 0.5) is 5.69 Å². The van der Waals surface area contributed by atoms with Crippen LogP contribution >= 0.6 is 0 Å². The van der Waals surface area contributed by atoms with Gasteiger partial charge < -0.3 is 15.4 Å². The third-order valence-electron chi connectivity index (χ3n) is 4.76. The van der Waals surface area contributed by atoms with Gasteiger partial charge in [-0.05, 0) is 60.7 Å². The summed E-state index contributed by atoms with van der Waals surface area (Å²) in [6.07, 6.45) is 2.14. The lowest BCUT2D eigenvalue weighted by Gasteiger charge is -2.11. The van der Waals surface area contributed by atoms with E-state index in [0.717, 1.165) is 25.1 Å². The molecular formula is C22H26N2O3. The highest BCUT2D eigenvalue weighted by Gasteiger charge is 2.17. The van der Waals surface area contributed by atoms with E-state index < -0.39 is 0 Å². The molecule has 27 heavy (non-hydrogen) atoms. The molecule has 3 rings (SSSR count). The highest BCUT2D eigenvalue weighted by molar-refractivity contribution is 6.05. The van der Waals surface area contributed by atoms with Crippen LogP contribution in [0.1, 0.15) is 58.9 Å². The Morgan fingerprint density at radius 2 is 1.63 bits per heavy atom. The van der Waals surface area contributed by atoms with Crippen LogP contribution < -0.4 is 10.6 Å². The number of carbonyl (C=O) groups excluding carboxylic acids is 2. The van der Waals surface area contributed by atoms with Crippen molar-refractivity contribution in [1.82, 2.24) is 5.32 Å². The summed E-state index contributed by atoms with van der Waals surface area (Å²) in [6, 6.07) is 14.5. The summed E-state index contributed by atoms with van der Waals surface area (Å²) < 4.78 is 5.50. The largest absolute Gasteiger partial charge is 0.376 e. The van der Waals surface area contributed by atoms with Gasteiger partial charge in [0.05, 0.1) is 6.10 Å². The summed E-state index contributed by atoms with van der Waals surface area (Å²) in [5.41, 5.74) is 3.03. The van der Waals surface area contributed by atoms with Gasteiger partial charge in [-0.25, -0.2) is 0 Å². The maximum atomic E-state index is 12.4. The molecule has 1 saturated heterocycles. The van der Waals surface area contributed by atoms with Crippen molar-refractivity contribution < 1.29 is 14.3 Å². The van der Waals surface area contributed by atoms with Crippen LogP contribution in [-0.4, -0.2) is 31.1 Å². The van der Waals surface area contributed by atoms with Crippen molar-refractivity contribution in [2.45, 2.75) is 38.7 Å². The van der Waals surface area contributed by atoms with Crippen LogP contribution in [0.3, 0.4) is 0 Å². The normalized spacial score (nSPS) is 16.3. The second kappa shape index (κ2) is 8.82. The van der Waals surface area contributed by atoms with E-state index in [0.29, 0.717) is 23.6 Å². The van der Waals surface area contributed by atoms with Crippen molar-refractivity contribution in [1.29, 1.82) is 0 Å². The predicted molar refractivity (Wildman–Crippen MR) is 106 cm³/mol. The zero-order valence-electron chi connectivity index (χ0n) is 15.8. The number of benzene rings is 2. The van der Waals surface area contributed by atoms with Crippen molar-refractivity contribution in [3.8, 4) is 0 Å². The minimum Gasteiger partial charge on any atom is -0.376 e. The first-order chi connectivity index (χ1) is 13.0. The number of hydrogen-bond acceptors (Lipinski definition) is 3. The van der Waals surface area contributed by atoms with Gasteiger partial charge in [-0.1, -0.05) is 26.0 Å². The number of anilines is 1. The lowest BCUT2D eigenvalue weighted by Crippen LogP contribution is -2.31. The Morgan fingerprint density at radius 1 is 1.00 bits per heavy atom. The fraction of sp³-hybridized carbons (Fsp3) is 0.364. The summed E-state index contributed by atoms with van der Waals surface area (Å²) in [7, 11) is 0. The zero-order chi connectivity index (χ0) is 19.2. The minimum atomic E-state index is -0.196. The first-order valence-electron chi connectivity index (χ1n) is 9.44. The molecule has 1 atom stereocenters. The quantitative estimate of drug-likeness (QED) is 0.813. The molecule has 2 N–H and O–H groups in total. The average Bonchev–Trinajstić information content (AvgIpc) is 3.20. The third-order valence-corrected chi connectivity index (χ3v) is 4.76. The second-order valence-electron chi connectivity index (χ2n) is 7.15. The molecule has 2 aromatic rings. The Hall–Kier alpha value is -2.66. The van der Waals surface area contributed by atoms with E-state index >= 15 is 0 Å². The van der Waals surface area contributed by atoms with E-state index in [-0.39, 0.29) is 17.9 Å². The topological polar surface area (TPSA) is 67.4 Å². The van der Waals surface area contributed by atoms with Gasteiger partial charge in [0.1, 0.15) is 0 Å². The first-order valence-corrected chi connectivity index (χ1v) is 9.44. The first kappa shape index (κ1) is 19.1. The van der Waals surface area contributed by atoms with E-state index in [9.17, 15) is 9.59 Å². The van der Waals surface area contributed by atoms with Gasteiger partial charge >= 0.3 is 0 Å². The van der Waals surface area contributed by atoms with E-state index in [4.69, 9.17) is 4.74 Å². The molecule has 0 radical (unpaired) electrons. The highest BCUT2D eigenvalue weighted by atomic mass is 16.5. The van der Waals surface area contributed by atoms with Crippen LogP contribution in [0.25, 0.3) is 0 Å². The number of amides is 2. The molecule has 0 bridgehead atoms. The summed E-state index contributed by atoms with van der Waals surface area (Å²) in [5, 5.41) is 5.76. The molecule has 0 aliphatic carbocycles. The number of rotatable bonds is 6. The van der Waals surface area contributed by atoms with Crippen molar-refractivity contribution in [2.24, 2.45) is 0 Å². The molecule has 2 aromatic carbocycles. The van der Waals surface area contributed by atoms with Crippen molar-refractivity contribution in [2.75, 3.05) is 18.5 Å². The third kappa shape index (κ3) is 5.17. The van der Waals surface area contributed by atoms with Crippen LogP contribution in [0, 0.1) is 0 Å². The van der Waals surface area contributed by atoms with Crippen molar-refractivity contribution >= 4 is 17.5 Å². The van der Waals surface area contributed by atoms with Gasteiger partial charge in [0, 0.05) is 30.0 Å². The molecule has 2 amide bonds. The fourth-order valence-electron chi connectivity index (χ4n) is 3.04. The predicted octanol–water partition coefficient (Wildman–Crippen LogP) is 3.97. The molecule has 0 saturated carbocycles. The van der Waals surface area contributed by atoms with Gasteiger partial charge in [-0.2, -0.15) is 0 Å². The fourth-order valence-corrected chi connectivity index (χ4v) is 3.04. The molecule has 1 aliphatic heterocycles. The number of nitrogens with one attached hydrogen (secondary N) is 2. The summed E-state index contributed by atoms with van der Waals surface area (Å²) >= 11 is 0. The van der Waals surface area contributed by atoms with E-state index in [2.05, 4.69) is 24.5 Å². The second-order valence-corrected chi connectivity index (χ2v) is 7.15. The van der Waals surface area contributed by atoms with Gasteiger partial charge in [0.2, 0.25) is 0 Å². The van der Waals surface area contributed by atoms with E-state index in [1.54, 1.807) is 24.3 Å². The Bertz CT molecular complexity index is 776. The Labute approximate surface area is 160 Å². The molecule has 1 fully saturated rings. The van der Waals surface area contributed by atoms with Gasteiger partial charge in [-0.15, -0.1) is 0 Å². The molecular weight excluding hydrogens is 340 g/mol. The molecule has 142 valence electrons. The number of carbonyl (C=O) groups is 2. The van der Waals surface area contributed by atoms with Gasteiger partial charge in [0.15, 0.2) is 0 Å². The Kier molecular flexibility index (Phi) is 6.24. The molecule has 0 aromatic heterocycles. The Balaban J connectivity index is 1.55. The molecule has 1 aliphatic rings. The molecule has 0 spiro atoms. The minimum absolute atomic E-state index is 0.112. The molecule has 1 unspecified atom stereocenters. The SMILES string of the molecule is CC(C)c1ccc(NC(=O)c2ccc(C(=O)NCC3CCCO3)cc2)cc1. The molecule has 5 nitrogen and oxygen atoms in total. The summed E-state index contributed by atoms with van der Waals surface area (Å²) in [4.78, 5) is 24.6.